The third-order valence-electron chi connectivity index (χ3n) is 4.14. The van der Waals surface area contributed by atoms with Gasteiger partial charge in [-0.2, -0.15) is 19.0 Å². The first-order valence-corrected chi connectivity index (χ1v) is 7.66. The predicted octanol–water partition coefficient (Wildman–Crippen LogP) is 2.44. The normalized spacial score (nSPS) is 18.7. The van der Waals surface area contributed by atoms with Gasteiger partial charge in [-0.3, -0.25) is 5.10 Å². The van der Waals surface area contributed by atoms with Crippen molar-refractivity contribution in [2.24, 2.45) is 0 Å². The zero-order valence-corrected chi connectivity index (χ0v) is 13.0. The molecule has 24 heavy (non-hydrogen) atoms. The average molecular weight is 334 g/mol. The van der Waals surface area contributed by atoms with Crippen molar-refractivity contribution in [1.82, 2.24) is 25.0 Å². The molecular weight excluding hydrogens is 318 g/mol. The van der Waals surface area contributed by atoms with Gasteiger partial charge in [0.05, 0.1) is 30.5 Å². The number of fused-ring (bicyclic) bond motifs is 1. The Labute approximate surface area is 136 Å². The lowest BCUT2D eigenvalue weighted by Gasteiger charge is -2.34. The molecule has 3 aromatic heterocycles. The number of nitrogens with one attached hydrogen (secondary N) is 1. The Balaban J connectivity index is 1.87. The van der Waals surface area contributed by atoms with Crippen LogP contribution < -0.4 is 4.90 Å². The van der Waals surface area contributed by atoms with Gasteiger partial charge in [-0.05, 0) is 25.1 Å². The summed E-state index contributed by atoms with van der Waals surface area (Å²) in [7, 11) is 0. The lowest BCUT2D eigenvalue weighted by molar-refractivity contribution is 0.0617. The summed E-state index contributed by atoms with van der Waals surface area (Å²) in [6.07, 6.45) is 1.55. The summed E-state index contributed by atoms with van der Waals surface area (Å²) < 4.78 is 32.7. The minimum Gasteiger partial charge on any atom is -0.377 e. The Morgan fingerprint density at radius 3 is 2.92 bits per heavy atom. The van der Waals surface area contributed by atoms with Crippen LogP contribution in [0.2, 0.25) is 0 Å². The molecule has 7 nitrogen and oxygen atoms in total. The Kier molecular flexibility index (Phi) is 3.64. The molecule has 0 bridgehead atoms. The maximum Gasteiger partial charge on any atom is 0.333 e. The largest absolute Gasteiger partial charge is 0.377 e. The first-order valence-electron chi connectivity index (χ1n) is 7.66. The van der Waals surface area contributed by atoms with Crippen LogP contribution >= 0.6 is 0 Å². The van der Waals surface area contributed by atoms with E-state index in [0.29, 0.717) is 46.9 Å². The molecule has 126 valence electrons. The van der Waals surface area contributed by atoms with Gasteiger partial charge in [-0.1, -0.05) is 0 Å². The topological polar surface area (TPSA) is 71.9 Å². The number of anilines is 1. The van der Waals surface area contributed by atoms with Crippen molar-refractivity contribution in [3.05, 3.63) is 24.4 Å². The Morgan fingerprint density at radius 2 is 2.21 bits per heavy atom. The number of alkyl halides is 2. The second-order valence-electron chi connectivity index (χ2n) is 5.70. The molecule has 1 N–H and O–H groups in total. The average Bonchev–Trinajstić information content (AvgIpc) is 3.22. The number of rotatable bonds is 3. The Bertz CT molecular complexity index is 847. The number of halogens is 2. The van der Waals surface area contributed by atoms with Gasteiger partial charge in [0.2, 0.25) is 0 Å². The minimum atomic E-state index is -2.74. The number of ether oxygens (including phenoxy) is 1. The van der Waals surface area contributed by atoms with Crippen LogP contribution in [0.1, 0.15) is 13.5 Å². The maximum absolute atomic E-state index is 13.3. The van der Waals surface area contributed by atoms with Crippen LogP contribution in [-0.2, 0) is 4.74 Å². The van der Waals surface area contributed by atoms with Gasteiger partial charge in [-0.25, -0.2) is 9.67 Å². The van der Waals surface area contributed by atoms with Gasteiger partial charge < -0.3 is 9.64 Å². The van der Waals surface area contributed by atoms with E-state index in [1.165, 1.54) is 0 Å². The van der Waals surface area contributed by atoms with Gasteiger partial charge >= 0.3 is 6.55 Å². The van der Waals surface area contributed by atoms with Crippen molar-refractivity contribution in [2.45, 2.75) is 19.5 Å². The second-order valence-corrected chi connectivity index (χ2v) is 5.70. The number of nitrogens with zero attached hydrogens (tertiary/aromatic N) is 5. The monoisotopic (exact) mass is 334 g/mol. The summed E-state index contributed by atoms with van der Waals surface area (Å²) in [5.74, 6) is 0.730. The molecule has 4 heterocycles. The molecule has 4 rings (SSSR count). The first-order chi connectivity index (χ1) is 11.6. The summed E-state index contributed by atoms with van der Waals surface area (Å²) in [6.45, 7) is 1.25. The second kappa shape index (κ2) is 5.82. The fraction of sp³-hybridized carbons (Fsp3) is 0.400. The molecule has 1 saturated heterocycles. The molecular formula is C15H16F2N6O. The third kappa shape index (κ3) is 2.41. The summed E-state index contributed by atoms with van der Waals surface area (Å²) in [5, 5.41) is 10.7. The smallest absolute Gasteiger partial charge is 0.333 e. The lowest BCUT2D eigenvalue weighted by Crippen LogP contribution is -2.44. The highest BCUT2D eigenvalue weighted by Crippen LogP contribution is 2.30. The van der Waals surface area contributed by atoms with E-state index in [4.69, 9.17) is 4.74 Å². The van der Waals surface area contributed by atoms with E-state index >= 15 is 0 Å². The van der Waals surface area contributed by atoms with Crippen LogP contribution in [0.15, 0.2) is 24.4 Å². The summed E-state index contributed by atoms with van der Waals surface area (Å²) >= 11 is 0. The van der Waals surface area contributed by atoms with E-state index in [9.17, 15) is 8.78 Å². The molecule has 1 fully saturated rings. The molecule has 1 unspecified atom stereocenters. The molecule has 3 aromatic rings. The van der Waals surface area contributed by atoms with Gasteiger partial charge in [0.25, 0.3) is 0 Å². The van der Waals surface area contributed by atoms with Crippen LogP contribution in [-0.4, -0.2) is 50.8 Å². The van der Waals surface area contributed by atoms with Crippen LogP contribution in [0, 0.1) is 0 Å². The number of aromatic amines is 1. The molecule has 9 heteroatoms. The number of hydrogen-bond donors (Lipinski definition) is 1. The fourth-order valence-corrected chi connectivity index (χ4v) is 2.96. The van der Waals surface area contributed by atoms with Gasteiger partial charge in [-0.15, -0.1) is 0 Å². The maximum atomic E-state index is 13.3. The SMILES string of the molecule is CC1COCCN1c1ccc2c(n1)c(-c1ccn[nH]1)nn2C(F)F. The van der Waals surface area contributed by atoms with E-state index in [0.717, 1.165) is 5.82 Å². The standard InChI is InChI=1S/C15H16F2N6O/c1-9-8-24-7-6-22(9)12-3-2-11-14(19-12)13(10-4-5-18-20-10)21-23(11)15(16)17/h2-5,9,15H,6-8H2,1H3,(H,18,20). The van der Waals surface area contributed by atoms with Crippen LogP contribution in [0.25, 0.3) is 22.4 Å². The lowest BCUT2D eigenvalue weighted by atomic mass is 10.2. The van der Waals surface area contributed by atoms with Gasteiger partial charge in [0, 0.05) is 12.7 Å². The highest BCUT2D eigenvalue weighted by molar-refractivity contribution is 5.90. The molecule has 1 aliphatic heterocycles. The minimum absolute atomic E-state index is 0.171. The van der Waals surface area contributed by atoms with Crippen molar-refractivity contribution in [1.29, 1.82) is 0 Å². The zero-order chi connectivity index (χ0) is 16.7. The van der Waals surface area contributed by atoms with Crippen LogP contribution in [0.5, 0.6) is 0 Å². The molecule has 1 aliphatic rings. The number of pyridine rings is 1. The van der Waals surface area contributed by atoms with Crippen molar-refractivity contribution in [3.8, 4) is 11.4 Å². The molecule has 1 atom stereocenters. The van der Waals surface area contributed by atoms with Crippen molar-refractivity contribution >= 4 is 16.9 Å². The van der Waals surface area contributed by atoms with Gasteiger partial charge in [0.1, 0.15) is 17.0 Å². The Morgan fingerprint density at radius 1 is 1.33 bits per heavy atom. The number of H-pyrrole nitrogens is 1. The number of morpholine rings is 1. The van der Waals surface area contributed by atoms with E-state index in [-0.39, 0.29) is 6.04 Å². The van der Waals surface area contributed by atoms with Crippen LogP contribution in [0.4, 0.5) is 14.6 Å². The van der Waals surface area contributed by atoms with Crippen LogP contribution in [0.3, 0.4) is 0 Å². The van der Waals surface area contributed by atoms with E-state index in [2.05, 4.69) is 25.2 Å². The van der Waals surface area contributed by atoms with Crippen molar-refractivity contribution in [3.63, 3.8) is 0 Å². The molecule has 0 spiro atoms. The number of aromatic nitrogens is 5. The molecule has 0 amide bonds. The molecule has 0 saturated carbocycles. The quantitative estimate of drug-likeness (QED) is 0.796. The Hall–Kier alpha value is -2.55. The van der Waals surface area contributed by atoms with E-state index in [1.807, 2.05) is 6.92 Å². The first kappa shape index (κ1) is 15.0. The summed E-state index contributed by atoms with van der Waals surface area (Å²) in [6, 6.07) is 5.24. The van der Waals surface area contributed by atoms with E-state index in [1.54, 1.807) is 24.4 Å². The predicted molar refractivity (Wildman–Crippen MR) is 84.0 cm³/mol. The summed E-state index contributed by atoms with van der Waals surface area (Å²) in [4.78, 5) is 6.72. The molecule has 0 radical (unpaired) electrons. The molecule has 0 aliphatic carbocycles. The number of hydrogen-bond acceptors (Lipinski definition) is 5. The highest BCUT2D eigenvalue weighted by Gasteiger charge is 2.24. The summed E-state index contributed by atoms with van der Waals surface area (Å²) in [5.41, 5.74) is 1.64. The van der Waals surface area contributed by atoms with Crippen molar-refractivity contribution in [2.75, 3.05) is 24.7 Å². The van der Waals surface area contributed by atoms with Crippen molar-refractivity contribution < 1.29 is 13.5 Å². The third-order valence-corrected chi connectivity index (χ3v) is 4.14. The highest BCUT2D eigenvalue weighted by atomic mass is 19.3. The fourth-order valence-electron chi connectivity index (χ4n) is 2.96. The van der Waals surface area contributed by atoms with Gasteiger partial charge in [0.15, 0.2) is 0 Å². The molecule has 0 aromatic carbocycles. The zero-order valence-electron chi connectivity index (χ0n) is 13.0. The van der Waals surface area contributed by atoms with E-state index < -0.39 is 6.55 Å².